The molecular weight excluding hydrogens is 368 g/mol. The standard InChI is InChI=1S/C21H24N6O2/c1-21(2)9-6-10-26(12-21)20-23-18(24-29-20)17-16-11-25(3)19(28)14-7-4-5-8-15(14)27(16)13-22-17/h4-5,7-8,13H,6,9-12H2,1-3H3. The van der Waals surface area contributed by atoms with Crippen LogP contribution in [0.25, 0.3) is 17.2 Å². The van der Waals surface area contributed by atoms with Crippen LogP contribution >= 0.6 is 0 Å². The van der Waals surface area contributed by atoms with Gasteiger partial charge in [0.1, 0.15) is 12.0 Å². The van der Waals surface area contributed by atoms with Gasteiger partial charge in [-0.05, 0) is 30.4 Å². The van der Waals surface area contributed by atoms with Crippen LogP contribution < -0.4 is 4.90 Å². The molecule has 0 N–H and O–H groups in total. The Kier molecular flexibility index (Phi) is 3.97. The molecule has 1 aromatic carbocycles. The minimum Gasteiger partial charge on any atom is -0.336 e. The van der Waals surface area contributed by atoms with Gasteiger partial charge >= 0.3 is 6.01 Å². The normalized spacial score (nSPS) is 18.4. The molecule has 0 spiro atoms. The predicted octanol–water partition coefficient (Wildman–Crippen LogP) is 3.13. The number of rotatable bonds is 2. The molecule has 29 heavy (non-hydrogen) atoms. The number of anilines is 1. The Morgan fingerprint density at radius 2 is 2.03 bits per heavy atom. The number of benzene rings is 1. The number of piperidine rings is 1. The number of hydrogen-bond acceptors (Lipinski definition) is 6. The first-order valence-electron chi connectivity index (χ1n) is 9.93. The Bertz CT molecular complexity index is 1080. The summed E-state index contributed by atoms with van der Waals surface area (Å²) in [4.78, 5) is 25.8. The average Bonchev–Trinajstić information content (AvgIpc) is 3.31. The van der Waals surface area contributed by atoms with Gasteiger partial charge in [-0.1, -0.05) is 31.1 Å². The molecule has 2 aliphatic rings. The Labute approximate surface area is 169 Å². The number of carbonyl (C=O) groups is 1. The van der Waals surface area contributed by atoms with E-state index in [4.69, 9.17) is 4.52 Å². The van der Waals surface area contributed by atoms with E-state index in [0.717, 1.165) is 30.9 Å². The summed E-state index contributed by atoms with van der Waals surface area (Å²) < 4.78 is 7.55. The lowest BCUT2D eigenvalue weighted by Gasteiger charge is -2.36. The van der Waals surface area contributed by atoms with Gasteiger partial charge in [0.05, 0.1) is 23.5 Å². The van der Waals surface area contributed by atoms with Crippen LogP contribution in [0.5, 0.6) is 0 Å². The van der Waals surface area contributed by atoms with E-state index in [1.165, 1.54) is 6.42 Å². The van der Waals surface area contributed by atoms with Gasteiger partial charge in [0, 0.05) is 20.1 Å². The van der Waals surface area contributed by atoms with Crippen LogP contribution in [0.1, 0.15) is 42.7 Å². The van der Waals surface area contributed by atoms with Gasteiger partial charge < -0.3 is 14.3 Å². The Morgan fingerprint density at radius 3 is 2.86 bits per heavy atom. The van der Waals surface area contributed by atoms with E-state index in [1.807, 2.05) is 28.8 Å². The summed E-state index contributed by atoms with van der Waals surface area (Å²) in [7, 11) is 1.79. The van der Waals surface area contributed by atoms with E-state index in [9.17, 15) is 4.79 Å². The fourth-order valence-corrected chi connectivity index (χ4v) is 4.31. The fraction of sp³-hybridized carbons (Fsp3) is 0.429. The minimum atomic E-state index is -0.0143. The van der Waals surface area contributed by atoms with E-state index in [0.29, 0.717) is 29.6 Å². The zero-order valence-electron chi connectivity index (χ0n) is 16.9. The van der Waals surface area contributed by atoms with Crippen LogP contribution in [-0.2, 0) is 6.54 Å². The van der Waals surface area contributed by atoms with E-state index in [-0.39, 0.29) is 11.3 Å². The molecule has 0 atom stereocenters. The smallest absolute Gasteiger partial charge is 0.324 e. The lowest BCUT2D eigenvalue weighted by atomic mass is 9.84. The first-order chi connectivity index (χ1) is 13.9. The van der Waals surface area contributed by atoms with Crippen molar-refractivity contribution in [2.45, 2.75) is 33.2 Å². The van der Waals surface area contributed by atoms with Crippen molar-refractivity contribution in [3.8, 4) is 17.2 Å². The molecule has 5 rings (SSSR count). The second-order valence-corrected chi connectivity index (χ2v) is 8.68. The monoisotopic (exact) mass is 392 g/mol. The number of hydrogen-bond donors (Lipinski definition) is 0. The number of para-hydroxylation sites is 1. The summed E-state index contributed by atoms with van der Waals surface area (Å²) in [5.41, 5.74) is 3.22. The molecule has 0 radical (unpaired) electrons. The van der Waals surface area contributed by atoms with Gasteiger partial charge in [0.15, 0.2) is 0 Å². The third kappa shape index (κ3) is 2.99. The van der Waals surface area contributed by atoms with Gasteiger partial charge in [-0.25, -0.2) is 4.98 Å². The van der Waals surface area contributed by atoms with Gasteiger partial charge in [0.25, 0.3) is 5.91 Å². The lowest BCUT2D eigenvalue weighted by molar-refractivity contribution is 0.0788. The number of carbonyl (C=O) groups excluding carboxylic acids is 1. The summed E-state index contributed by atoms with van der Waals surface area (Å²) >= 11 is 0. The highest BCUT2D eigenvalue weighted by atomic mass is 16.5. The van der Waals surface area contributed by atoms with Gasteiger partial charge in [-0.3, -0.25) is 9.36 Å². The SMILES string of the molecule is CN1Cc2c(-c3noc(N4CCCC(C)(C)C4)n3)ncn2-c2ccccc2C1=O. The molecule has 0 saturated carbocycles. The lowest BCUT2D eigenvalue weighted by Crippen LogP contribution is -2.40. The van der Waals surface area contributed by atoms with Gasteiger partial charge in [0.2, 0.25) is 5.82 Å². The summed E-state index contributed by atoms with van der Waals surface area (Å²) in [5.74, 6) is 0.442. The molecule has 8 nitrogen and oxygen atoms in total. The number of nitrogens with zero attached hydrogens (tertiary/aromatic N) is 6. The Morgan fingerprint density at radius 1 is 1.21 bits per heavy atom. The van der Waals surface area contributed by atoms with Gasteiger partial charge in [-0.15, -0.1) is 0 Å². The van der Waals surface area contributed by atoms with E-state index in [2.05, 4.69) is 33.9 Å². The van der Waals surface area contributed by atoms with E-state index < -0.39 is 0 Å². The third-order valence-corrected chi connectivity index (χ3v) is 5.79. The van der Waals surface area contributed by atoms with Crippen LogP contribution in [0.3, 0.4) is 0 Å². The van der Waals surface area contributed by atoms with Gasteiger partial charge in [-0.2, -0.15) is 4.98 Å². The van der Waals surface area contributed by atoms with Crippen LogP contribution in [0.2, 0.25) is 0 Å². The zero-order valence-corrected chi connectivity index (χ0v) is 16.9. The Hall–Kier alpha value is -3.16. The first kappa shape index (κ1) is 17.9. The maximum absolute atomic E-state index is 12.8. The predicted molar refractivity (Wildman–Crippen MR) is 108 cm³/mol. The second kappa shape index (κ2) is 6.43. The highest BCUT2D eigenvalue weighted by molar-refractivity contribution is 5.98. The van der Waals surface area contributed by atoms with Crippen molar-refractivity contribution in [1.82, 2.24) is 24.6 Å². The summed E-state index contributed by atoms with van der Waals surface area (Å²) in [6.45, 7) is 6.74. The average molecular weight is 392 g/mol. The van der Waals surface area contributed by atoms with Crippen molar-refractivity contribution in [1.29, 1.82) is 0 Å². The summed E-state index contributed by atoms with van der Waals surface area (Å²) in [6.07, 6.45) is 4.03. The number of imidazole rings is 1. The molecule has 3 aromatic rings. The van der Waals surface area contributed by atoms with Crippen molar-refractivity contribution in [2.75, 3.05) is 25.0 Å². The largest absolute Gasteiger partial charge is 0.336 e. The van der Waals surface area contributed by atoms with E-state index in [1.54, 1.807) is 18.3 Å². The minimum absolute atomic E-state index is 0.0143. The highest BCUT2D eigenvalue weighted by Crippen LogP contribution is 2.33. The summed E-state index contributed by atoms with van der Waals surface area (Å²) in [6, 6.07) is 8.10. The molecule has 0 unspecified atom stereocenters. The second-order valence-electron chi connectivity index (χ2n) is 8.68. The van der Waals surface area contributed by atoms with Crippen molar-refractivity contribution in [2.24, 2.45) is 5.41 Å². The van der Waals surface area contributed by atoms with Crippen molar-refractivity contribution in [3.63, 3.8) is 0 Å². The molecule has 0 bridgehead atoms. The molecule has 1 amide bonds. The maximum Gasteiger partial charge on any atom is 0.324 e. The molecule has 4 heterocycles. The van der Waals surface area contributed by atoms with Crippen LogP contribution in [0, 0.1) is 5.41 Å². The molecule has 150 valence electrons. The van der Waals surface area contributed by atoms with E-state index >= 15 is 0 Å². The number of amides is 1. The number of aromatic nitrogens is 4. The first-order valence-corrected chi connectivity index (χ1v) is 9.93. The van der Waals surface area contributed by atoms with Crippen LogP contribution in [-0.4, -0.2) is 50.6 Å². The molecule has 1 saturated heterocycles. The Balaban J connectivity index is 1.54. The molecule has 8 heteroatoms. The van der Waals surface area contributed by atoms with Crippen molar-refractivity contribution >= 4 is 11.9 Å². The zero-order chi connectivity index (χ0) is 20.2. The highest BCUT2D eigenvalue weighted by Gasteiger charge is 2.31. The van der Waals surface area contributed by atoms with Crippen LogP contribution in [0.15, 0.2) is 35.1 Å². The maximum atomic E-state index is 12.8. The number of fused-ring (bicyclic) bond motifs is 3. The molecule has 2 aromatic heterocycles. The molecule has 0 aliphatic carbocycles. The quantitative estimate of drug-likeness (QED) is 0.667. The molecule has 2 aliphatic heterocycles. The fourth-order valence-electron chi connectivity index (χ4n) is 4.31. The molecular formula is C21H24N6O2. The van der Waals surface area contributed by atoms with Crippen molar-refractivity contribution < 1.29 is 9.32 Å². The topological polar surface area (TPSA) is 80.3 Å². The van der Waals surface area contributed by atoms with Crippen LogP contribution in [0.4, 0.5) is 6.01 Å². The molecule has 1 fully saturated rings. The summed E-state index contributed by atoms with van der Waals surface area (Å²) in [5, 5.41) is 4.21. The van der Waals surface area contributed by atoms with Crippen molar-refractivity contribution in [3.05, 3.63) is 41.9 Å². The third-order valence-electron chi connectivity index (χ3n) is 5.79.